The predicted molar refractivity (Wildman–Crippen MR) is 58.9 cm³/mol. The lowest BCUT2D eigenvalue weighted by atomic mass is 10.3. The number of nitrogens with zero attached hydrogens (tertiary/aromatic N) is 1. The fraction of sp³-hybridized carbons (Fsp3) is 0.300. The molecule has 0 aliphatic rings. The van der Waals surface area contributed by atoms with E-state index in [9.17, 15) is 0 Å². The molecule has 0 saturated heterocycles. The van der Waals surface area contributed by atoms with Gasteiger partial charge in [0.15, 0.2) is 11.7 Å². The van der Waals surface area contributed by atoms with Crippen LogP contribution in [0.25, 0.3) is 10.6 Å². The second-order valence-electron chi connectivity index (χ2n) is 2.89. The lowest BCUT2D eigenvalue weighted by molar-refractivity contribution is 0.504. The Balaban J connectivity index is 2.10. The molecule has 0 amide bonds. The Morgan fingerprint density at radius 2 is 2.43 bits per heavy atom. The van der Waals surface area contributed by atoms with E-state index >= 15 is 0 Å². The maximum atomic E-state index is 5.59. The van der Waals surface area contributed by atoms with Crippen LogP contribution < -0.4 is 0 Å². The maximum Gasteiger partial charge on any atom is 0.194 e. The number of alkyl halides is 1. The Bertz CT molecular complexity index is 382. The number of oxazole rings is 1. The molecule has 0 aromatic carbocycles. The van der Waals surface area contributed by atoms with Crippen molar-refractivity contribution >= 4 is 22.9 Å². The summed E-state index contributed by atoms with van der Waals surface area (Å²) in [4.78, 5) is 5.31. The highest BCUT2D eigenvalue weighted by Gasteiger charge is 2.06. The van der Waals surface area contributed by atoms with Crippen LogP contribution in [0.4, 0.5) is 0 Å². The normalized spacial score (nSPS) is 10.6. The fourth-order valence-electron chi connectivity index (χ4n) is 1.18. The number of hydrogen-bond acceptors (Lipinski definition) is 3. The molecule has 0 radical (unpaired) electrons. The second-order valence-corrected chi connectivity index (χ2v) is 4.21. The number of thiophene rings is 1. The lowest BCUT2D eigenvalue weighted by Gasteiger charge is -1.90. The smallest absolute Gasteiger partial charge is 0.194 e. The van der Waals surface area contributed by atoms with Crippen LogP contribution in [-0.4, -0.2) is 10.9 Å². The van der Waals surface area contributed by atoms with Gasteiger partial charge in [0.2, 0.25) is 0 Å². The first-order valence-electron chi connectivity index (χ1n) is 4.44. The molecule has 0 unspecified atom stereocenters. The zero-order valence-electron chi connectivity index (χ0n) is 7.57. The first-order chi connectivity index (χ1) is 6.90. The van der Waals surface area contributed by atoms with Crippen LogP contribution in [-0.2, 0) is 6.42 Å². The van der Waals surface area contributed by atoms with E-state index in [2.05, 4.69) is 4.98 Å². The first kappa shape index (κ1) is 9.74. The Kier molecular flexibility index (Phi) is 3.22. The standard InChI is InChI=1S/C10H10ClNOS/c11-5-1-4-10-12-7-8(13-10)9-3-2-6-14-9/h2-3,6-7H,1,4-5H2. The molecule has 0 N–H and O–H groups in total. The Labute approximate surface area is 91.5 Å². The van der Waals surface area contributed by atoms with Crippen LogP contribution in [0.2, 0.25) is 0 Å². The van der Waals surface area contributed by atoms with Gasteiger partial charge in [-0.2, -0.15) is 0 Å². The van der Waals surface area contributed by atoms with Crippen molar-refractivity contribution in [1.82, 2.24) is 4.98 Å². The van der Waals surface area contributed by atoms with Crippen molar-refractivity contribution in [2.24, 2.45) is 0 Å². The summed E-state index contributed by atoms with van der Waals surface area (Å²) in [6.45, 7) is 0. The highest BCUT2D eigenvalue weighted by Crippen LogP contribution is 2.25. The van der Waals surface area contributed by atoms with Crippen LogP contribution in [0.1, 0.15) is 12.3 Å². The largest absolute Gasteiger partial charge is 0.440 e. The summed E-state index contributed by atoms with van der Waals surface area (Å²) in [7, 11) is 0. The van der Waals surface area contributed by atoms with Gasteiger partial charge in [0.05, 0.1) is 11.1 Å². The van der Waals surface area contributed by atoms with Crippen LogP contribution in [0.3, 0.4) is 0 Å². The maximum absolute atomic E-state index is 5.59. The van der Waals surface area contributed by atoms with Crippen molar-refractivity contribution in [2.45, 2.75) is 12.8 Å². The Hall–Kier alpha value is -0.800. The molecule has 2 rings (SSSR count). The van der Waals surface area contributed by atoms with E-state index in [4.69, 9.17) is 16.0 Å². The molecule has 2 aromatic rings. The van der Waals surface area contributed by atoms with Crippen molar-refractivity contribution in [2.75, 3.05) is 5.88 Å². The minimum absolute atomic E-state index is 0.650. The SMILES string of the molecule is ClCCCc1ncc(-c2cccs2)o1. The Morgan fingerprint density at radius 1 is 1.50 bits per heavy atom. The van der Waals surface area contributed by atoms with Gasteiger partial charge >= 0.3 is 0 Å². The summed E-state index contributed by atoms with van der Waals surface area (Å²) < 4.78 is 5.57. The molecule has 0 aliphatic heterocycles. The number of rotatable bonds is 4. The minimum atomic E-state index is 0.650. The third-order valence-corrected chi connectivity index (χ3v) is 2.99. The number of aryl methyl sites for hydroxylation is 1. The third-order valence-electron chi connectivity index (χ3n) is 1.84. The van der Waals surface area contributed by atoms with Crippen molar-refractivity contribution in [3.05, 3.63) is 29.6 Å². The van der Waals surface area contributed by atoms with Gasteiger partial charge in [-0.25, -0.2) is 4.98 Å². The quantitative estimate of drug-likeness (QED) is 0.747. The summed E-state index contributed by atoms with van der Waals surface area (Å²) in [6.07, 6.45) is 3.50. The fourth-order valence-corrected chi connectivity index (χ4v) is 1.98. The van der Waals surface area contributed by atoms with E-state index in [1.54, 1.807) is 17.5 Å². The van der Waals surface area contributed by atoms with Crippen LogP contribution in [0.15, 0.2) is 28.1 Å². The average molecular weight is 228 g/mol. The van der Waals surface area contributed by atoms with E-state index < -0.39 is 0 Å². The average Bonchev–Trinajstić information content (AvgIpc) is 2.85. The zero-order valence-corrected chi connectivity index (χ0v) is 9.14. The molecular formula is C10H10ClNOS. The Morgan fingerprint density at radius 3 is 3.14 bits per heavy atom. The molecule has 2 heterocycles. The highest BCUT2D eigenvalue weighted by molar-refractivity contribution is 7.13. The summed E-state index contributed by atoms with van der Waals surface area (Å²) in [5, 5.41) is 2.02. The molecule has 2 aromatic heterocycles. The molecule has 14 heavy (non-hydrogen) atoms. The summed E-state index contributed by atoms with van der Waals surface area (Å²) in [5.74, 6) is 2.27. The van der Waals surface area contributed by atoms with Gasteiger partial charge in [0.25, 0.3) is 0 Å². The summed E-state index contributed by atoms with van der Waals surface area (Å²) in [5.41, 5.74) is 0. The van der Waals surface area contributed by atoms with Gasteiger partial charge in [-0.15, -0.1) is 22.9 Å². The van der Waals surface area contributed by atoms with E-state index in [1.165, 1.54) is 0 Å². The monoisotopic (exact) mass is 227 g/mol. The summed E-state index contributed by atoms with van der Waals surface area (Å²) >= 11 is 7.24. The molecule has 0 aliphatic carbocycles. The van der Waals surface area contributed by atoms with Gasteiger partial charge in [-0.1, -0.05) is 6.07 Å². The van der Waals surface area contributed by atoms with Gasteiger partial charge in [0, 0.05) is 12.3 Å². The lowest BCUT2D eigenvalue weighted by Crippen LogP contribution is -1.84. The van der Waals surface area contributed by atoms with Gasteiger partial charge in [-0.3, -0.25) is 0 Å². The topological polar surface area (TPSA) is 26.0 Å². The molecule has 0 spiro atoms. The van der Waals surface area contributed by atoms with E-state index in [1.807, 2.05) is 17.5 Å². The van der Waals surface area contributed by atoms with Gasteiger partial charge in [-0.05, 0) is 17.9 Å². The van der Waals surface area contributed by atoms with Crippen LogP contribution >= 0.6 is 22.9 Å². The third kappa shape index (κ3) is 2.16. The zero-order chi connectivity index (χ0) is 9.80. The molecule has 0 atom stereocenters. The number of aromatic nitrogens is 1. The van der Waals surface area contributed by atoms with Gasteiger partial charge in [0.1, 0.15) is 0 Å². The molecule has 74 valence electrons. The minimum Gasteiger partial charge on any atom is -0.440 e. The molecule has 0 fully saturated rings. The van der Waals surface area contributed by atoms with Gasteiger partial charge < -0.3 is 4.42 Å². The molecule has 2 nitrogen and oxygen atoms in total. The van der Waals surface area contributed by atoms with Crippen molar-refractivity contribution in [3.63, 3.8) is 0 Å². The number of hydrogen-bond donors (Lipinski definition) is 0. The van der Waals surface area contributed by atoms with Crippen molar-refractivity contribution in [3.8, 4) is 10.6 Å². The number of halogens is 1. The van der Waals surface area contributed by atoms with Crippen LogP contribution in [0, 0.1) is 0 Å². The van der Waals surface area contributed by atoms with E-state index in [0.717, 1.165) is 29.4 Å². The van der Waals surface area contributed by atoms with Crippen molar-refractivity contribution < 1.29 is 4.42 Å². The highest BCUT2D eigenvalue weighted by atomic mass is 35.5. The predicted octanol–water partition coefficient (Wildman–Crippen LogP) is 3.57. The first-order valence-corrected chi connectivity index (χ1v) is 5.86. The van der Waals surface area contributed by atoms with Crippen molar-refractivity contribution in [1.29, 1.82) is 0 Å². The molecular weight excluding hydrogens is 218 g/mol. The summed E-state index contributed by atoms with van der Waals surface area (Å²) in [6, 6.07) is 4.03. The van der Waals surface area contributed by atoms with E-state index in [-0.39, 0.29) is 0 Å². The molecule has 0 bridgehead atoms. The second kappa shape index (κ2) is 4.62. The molecule has 0 saturated carbocycles. The van der Waals surface area contributed by atoms with Crippen LogP contribution in [0.5, 0.6) is 0 Å². The molecule has 4 heteroatoms. The van der Waals surface area contributed by atoms with E-state index in [0.29, 0.717) is 5.88 Å².